The Morgan fingerprint density at radius 1 is 1.21 bits per heavy atom. The Morgan fingerprint density at radius 3 is 2.73 bits per heavy atom. The van der Waals surface area contributed by atoms with Crippen LogP contribution in [0.5, 0.6) is 0 Å². The number of amides is 2. The number of thiophene rings is 1. The number of furan rings is 1. The number of anilines is 2. The van der Waals surface area contributed by atoms with Crippen molar-refractivity contribution in [2.75, 3.05) is 22.7 Å². The van der Waals surface area contributed by atoms with Crippen LogP contribution in [0.3, 0.4) is 0 Å². The first-order valence-electron chi connectivity index (χ1n) is 10.3. The predicted octanol–water partition coefficient (Wildman–Crippen LogP) is 2.58. The number of nitrogens with zero attached hydrogens (tertiary/aromatic N) is 1. The Bertz CT molecular complexity index is 1270. The Kier molecular flexibility index (Phi) is 6.54. The van der Waals surface area contributed by atoms with Crippen LogP contribution in [-0.4, -0.2) is 38.4 Å². The quantitative estimate of drug-likeness (QED) is 0.457. The fourth-order valence-electron chi connectivity index (χ4n) is 3.58. The maximum Gasteiger partial charge on any atom is 0.313 e. The Balaban J connectivity index is 1.45. The van der Waals surface area contributed by atoms with Crippen LogP contribution in [0.15, 0.2) is 56.5 Å². The molecule has 1 atom stereocenters. The van der Waals surface area contributed by atoms with E-state index in [1.54, 1.807) is 54.8 Å². The van der Waals surface area contributed by atoms with Crippen molar-refractivity contribution in [3.63, 3.8) is 0 Å². The van der Waals surface area contributed by atoms with Gasteiger partial charge in [-0.25, -0.2) is 8.42 Å². The summed E-state index contributed by atoms with van der Waals surface area (Å²) in [7, 11) is -3.71. The molecule has 3 aromatic rings. The Labute approximate surface area is 195 Å². The third kappa shape index (κ3) is 4.95. The highest BCUT2D eigenvalue weighted by Gasteiger charge is 2.30. The number of sulfonamides is 1. The Hall–Kier alpha value is -3.15. The molecule has 0 bridgehead atoms. The molecule has 0 spiro atoms. The molecular weight excluding hydrogens is 466 g/mol. The molecule has 0 aliphatic carbocycles. The molecule has 0 saturated heterocycles. The lowest BCUT2D eigenvalue weighted by Crippen LogP contribution is -2.38. The number of benzene rings is 1. The minimum atomic E-state index is -3.71. The Morgan fingerprint density at radius 2 is 2.03 bits per heavy atom. The summed E-state index contributed by atoms with van der Waals surface area (Å²) < 4.78 is 33.0. The number of hydrogen-bond donors (Lipinski definition) is 3. The summed E-state index contributed by atoms with van der Waals surface area (Å²) in [6.45, 7) is 1.86. The number of carbonyl (C=O) groups is 2. The van der Waals surface area contributed by atoms with Crippen molar-refractivity contribution in [2.45, 2.75) is 30.1 Å². The minimum Gasteiger partial charge on any atom is -0.464 e. The molecule has 3 heterocycles. The van der Waals surface area contributed by atoms with Gasteiger partial charge in [0.1, 0.15) is 21.8 Å². The van der Waals surface area contributed by atoms with Gasteiger partial charge in [-0.15, -0.1) is 11.3 Å². The molecule has 33 heavy (non-hydrogen) atoms. The fraction of sp³-hybridized carbons (Fsp3) is 0.273. The zero-order chi connectivity index (χ0) is 23.6. The number of aliphatic hydroxyl groups is 1. The summed E-state index contributed by atoms with van der Waals surface area (Å²) in [5, 5.41) is 16.6. The molecule has 4 rings (SSSR count). The van der Waals surface area contributed by atoms with E-state index in [0.29, 0.717) is 36.5 Å². The standard InChI is InChI=1S/C22H23N3O6S2/c1-14-6-9-19(31-14)18(26)13-23-21(27)22(28)24-16-8-7-15-4-2-10-25(17(15)12-16)33(29,30)20-5-3-11-32-20/h3,5-9,11-12,18,26H,2,4,10,13H2,1H3,(H,23,27)(H,24,28)/t18-/m0/s1. The highest BCUT2D eigenvalue weighted by Crippen LogP contribution is 2.35. The summed E-state index contributed by atoms with van der Waals surface area (Å²) >= 11 is 1.14. The van der Waals surface area contributed by atoms with Gasteiger partial charge in [0.15, 0.2) is 0 Å². The topological polar surface area (TPSA) is 129 Å². The smallest absolute Gasteiger partial charge is 0.313 e. The minimum absolute atomic E-state index is 0.198. The van der Waals surface area contributed by atoms with Crippen molar-refractivity contribution in [1.82, 2.24) is 5.32 Å². The molecule has 11 heteroatoms. The van der Waals surface area contributed by atoms with Gasteiger partial charge in [-0.05, 0) is 61.0 Å². The first-order chi connectivity index (χ1) is 15.8. The number of aryl methyl sites for hydroxylation is 2. The van der Waals surface area contributed by atoms with E-state index in [0.717, 1.165) is 16.9 Å². The second-order valence-electron chi connectivity index (χ2n) is 7.58. The molecule has 9 nitrogen and oxygen atoms in total. The van der Waals surface area contributed by atoms with Gasteiger partial charge < -0.3 is 20.2 Å². The maximum atomic E-state index is 13.1. The van der Waals surface area contributed by atoms with E-state index in [9.17, 15) is 23.1 Å². The third-order valence-electron chi connectivity index (χ3n) is 5.21. The molecule has 174 valence electrons. The van der Waals surface area contributed by atoms with E-state index in [1.165, 1.54) is 4.31 Å². The van der Waals surface area contributed by atoms with Crippen molar-refractivity contribution in [1.29, 1.82) is 0 Å². The normalized spacial score (nSPS) is 14.4. The van der Waals surface area contributed by atoms with E-state index in [-0.39, 0.29) is 16.5 Å². The molecule has 0 radical (unpaired) electrons. The SMILES string of the molecule is Cc1ccc([C@@H](O)CNC(=O)C(=O)Nc2ccc3c(c2)N(S(=O)(=O)c2cccs2)CCC3)o1. The van der Waals surface area contributed by atoms with Crippen molar-refractivity contribution >= 4 is 44.5 Å². The predicted molar refractivity (Wildman–Crippen MR) is 124 cm³/mol. The first kappa shape index (κ1) is 23.0. The zero-order valence-corrected chi connectivity index (χ0v) is 19.4. The monoisotopic (exact) mass is 489 g/mol. The number of hydrogen-bond acceptors (Lipinski definition) is 7. The van der Waals surface area contributed by atoms with Crippen LogP contribution in [0.4, 0.5) is 11.4 Å². The molecule has 2 aromatic heterocycles. The van der Waals surface area contributed by atoms with Crippen molar-refractivity contribution in [3.8, 4) is 0 Å². The van der Waals surface area contributed by atoms with Gasteiger partial charge >= 0.3 is 11.8 Å². The largest absolute Gasteiger partial charge is 0.464 e. The molecule has 1 aromatic carbocycles. The number of rotatable bonds is 6. The van der Waals surface area contributed by atoms with Crippen LogP contribution in [0.1, 0.15) is 29.6 Å². The molecule has 0 unspecified atom stereocenters. The summed E-state index contributed by atoms with van der Waals surface area (Å²) in [5.74, 6) is -0.954. The van der Waals surface area contributed by atoms with Gasteiger partial charge in [0.05, 0.1) is 12.2 Å². The van der Waals surface area contributed by atoms with Gasteiger partial charge in [0, 0.05) is 12.2 Å². The van der Waals surface area contributed by atoms with E-state index < -0.39 is 27.9 Å². The van der Waals surface area contributed by atoms with E-state index in [2.05, 4.69) is 10.6 Å². The fourth-order valence-corrected chi connectivity index (χ4v) is 6.22. The average Bonchev–Trinajstić information content (AvgIpc) is 3.49. The highest BCUT2D eigenvalue weighted by molar-refractivity contribution is 7.94. The van der Waals surface area contributed by atoms with E-state index in [1.807, 2.05) is 0 Å². The van der Waals surface area contributed by atoms with Crippen molar-refractivity contribution in [2.24, 2.45) is 0 Å². The number of fused-ring (bicyclic) bond motifs is 1. The van der Waals surface area contributed by atoms with Crippen LogP contribution in [-0.2, 0) is 26.0 Å². The zero-order valence-electron chi connectivity index (χ0n) is 17.8. The van der Waals surface area contributed by atoms with Crippen LogP contribution in [0, 0.1) is 6.92 Å². The number of nitrogens with one attached hydrogen (secondary N) is 2. The van der Waals surface area contributed by atoms with Gasteiger partial charge in [-0.2, -0.15) is 0 Å². The third-order valence-corrected chi connectivity index (χ3v) is 8.40. The second kappa shape index (κ2) is 9.38. The number of aliphatic hydroxyl groups excluding tert-OH is 1. The summed E-state index contributed by atoms with van der Waals surface area (Å²) in [6.07, 6.45) is 0.309. The summed E-state index contributed by atoms with van der Waals surface area (Å²) in [4.78, 5) is 24.5. The lowest BCUT2D eigenvalue weighted by Gasteiger charge is -2.30. The molecule has 0 saturated carbocycles. The van der Waals surface area contributed by atoms with Crippen LogP contribution < -0.4 is 14.9 Å². The summed E-state index contributed by atoms with van der Waals surface area (Å²) in [5.41, 5.74) is 1.63. The number of carbonyl (C=O) groups excluding carboxylic acids is 2. The second-order valence-corrected chi connectivity index (χ2v) is 10.6. The molecular formula is C22H23N3O6S2. The van der Waals surface area contributed by atoms with Gasteiger partial charge in [0.2, 0.25) is 0 Å². The lowest BCUT2D eigenvalue weighted by atomic mass is 10.0. The van der Waals surface area contributed by atoms with Gasteiger partial charge in [0.25, 0.3) is 10.0 Å². The molecule has 0 fully saturated rings. The molecule has 1 aliphatic rings. The van der Waals surface area contributed by atoms with Gasteiger partial charge in [-0.1, -0.05) is 12.1 Å². The van der Waals surface area contributed by atoms with Crippen LogP contribution in [0.2, 0.25) is 0 Å². The lowest BCUT2D eigenvalue weighted by molar-refractivity contribution is -0.136. The maximum absolute atomic E-state index is 13.1. The highest BCUT2D eigenvalue weighted by atomic mass is 32.2. The van der Waals surface area contributed by atoms with Gasteiger partial charge in [-0.3, -0.25) is 13.9 Å². The van der Waals surface area contributed by atoms with Crippen molar-refractivity contribution < 1.29 is 27.5 Å². The van der Waals surface area contributed by atoms with Crippen molar-refractivity contribution in [3.05, 3.63) is 64.9 Å². The molecule has 3 N–H and O–H groups in total. The summed E-state index contributed by atoms with van der Waals surface area (Å²) in [6, 6.07) is 11.5. The van der Waals surface area contributed by atoms with E-state index in [4.69, 9.17) is 4.42 Å². The van der Waals surface area contributed by atoms with E-state index >= 15 is 0 Å². The molecule has 2 amide bonds. The van der Waals surface area contributed by atoms with Crippen LogP contribution in [0.25, 0.3) is 0 Å². The first-order valence-corrected chi connectivity index (χ1v) is 12.6. The average molecular weight is 490 g/mol. The van der Waals surface area contributed by atoms with Crippen LogP contribution >= 0.6 is 11.3 Å². The molecule has 1 aliphatic heterocycles.